The van der Waals surface area contributed by atoms with Gasteiger partial charge in [-0.25, -0.2) is 4.79 Å². The Kier molecular flexibility index (Phi) is 14.1. The number of nitrogens with two attached hydrogens (primary N) is 3. The zero-order valence-corrected chi connectivity index (χ0v) is 20.0. The lowest BCUT2D eigenvalue weighted by atomic mass is 10.0. The molecule has 14 heteroatoms. The first-order chi connectivity index (χ1) is 15.3. The van der Waals surface area contributed by atoms with Crippen molar-refractivity contribution in [1.29, 1.82) is 0 Å². The summed E-state index contributed by atoms with van der Waals surface area (Å²) in [6.45, 7) is 5.21. The second-order valence-corrected chi connectivity index (χ2v) is 8.41. The summed E-state index contributed by atoms with van der Waals surface area (Å²) in [5.74, 6) is -3.67. The molecule has 0 radical (unpaired) electrons. The van der Waals surface area contributed by atoms with E-state index in [0.29, 0.717) is 6.42 Å². The number of nitrogens with zero attached hydrogens (tertiary/aromatic N) is 1. The minimum atomic E-state index is -1.28. The Hall–Kier alpha value is -2.58. The molecule has 5 unspecified atom stereocenters. The topological polar surface area (TPSA) is 235 Å². The van der Waals surface area contributed by atoms with E-state index in [2.05, 4.69) is 33.6 Å². The summed E-state index contributed by atoms with van der Waals surface area (Å²) >= 11 is 3.91. The van der Waals surface area contributed by atoms with Gasteiger partial charge >= 0.3 is 5.97 Å². The van der Waals surface area contributed by atoms with Crippen LogP contribution in [0.25, 0.3) is 0 Å². The predicted molar refractivity (Wildman–Crippen MR) is 126 cm³/mol. The number of hydrogen-bond acceptors (Lipinski definition) is 8. The number of rotatable bonds is 15. The zero-order chi connectivity index (χ0) is 25.7. The molecule has 0 fully saturated rings. The van der Waals surface area contributed by atoms with Crippen LogP contribution in [0.3, 0.4) is 0 Å². The minimum absolute atomic E-state index is 0.00135. The van der Waals surface area contributed by atoms with Gasteiger partial charge in [0.2, 0.25) is 17.7 Å². The highest BCUT2D eigenvalue weighted by molar-refractivity contribution is 7.80. The van der Waals surface area contributed by atoms with Crippen LogP contribution in [-0.4, -0.2) is 82.4 Å². The molecule has 11 N–H and O–H groups in total. The van der Waals surface area contributed by atoms with Crippen LogP contribution in [0.2, 0.25) is 0 Å². The maximum Gasteiger partial charge on any atom is 0.327 e. The van der Waals surface area contributed by atoms with Crippen molar-refractivity contribution in [2.75, 3.05) is 12.3 Å². The molecule has 0 saturated carbocycles. The molecular formula is C19H37N7O6S. The summed E-state index contributed by atoms with van der Waals surface area (Å²) in [6.07, 6.45) is -0.483. The van der Waals surface area contributed by atoms with Gasteiger partial charge in [0, 0.05) is 12.3 Å². The molecule has 0 aliphatic heterocycles. The van der Waals surface area contributed by atoms with Crippen molar-refractivity contribution in [3.63, 3.8) is 0 Å². The molecule has 0 bridgehead atoms. The minimum Gasteiger partial charge on any atom is -0.480 e. The number of aliphatic hydroxyl groups excluding tert-OH is 1. The van der Waals surface area contributed by atoms with Crippen molar-refractivity contribution in [3.05, 3.63) is 0 Å². The Bertz CT molecular complexity index is 700. The van der Waals surface area contributed by atoms with Crippen LogP contribution in [0.5, 0.6) is 0 Å². The van der Waals surface area contributed by atoms with Gasteiger partial charge in [0.15, 0.2) is 5.96 Å². The summed E-state index contributed by atoms with van der Waals surface area (Å²) in [4.78, 5) is 53.0. The van der Waals surface area contributed by atoms with Gasteiger partial charge in [-0.1, -0.05) is 13.8 Å². The lowest BCUT2D eigenvalue weighted by Gasteiger charge is -2.26. The molecule has 33 heavy (non-hydrogen) atoms. The van der Waals surface area contributed by atoms with E-state index in [1.165, 1.54) is 6.92 Å². The molecule has 190 valence electrons. The van der Waals surface area contributed by atoms with E-state index in [0.717, 1.165) is 0 Å². The highest BCUT2D eigenvalue weighted by Crippen LogP contribution is 2.08. The molecule has 3 amide bonds. The van der Waals surface area contributed by atoms with E-state index >= 15 is 0 Å². The van der Waals surface area contributed by atoms with Gasteiger partial charge < -0.3 is 43.4 Å². The lowest BCUT2D eigenvalue weighted by molar-refractivity contribution is -0.141. The third-order valence-corrected chi connectivity index (χ3v) is 4.90. The normalized spacial score (nSPS) is 15.5. The molecule has 5 atom stereocenters. The SMILES string of the molecule is CC(C)CC(NC(=O)C(N)C(C)O)C(=O)NC(CCCN=C(N)N)C(=O)NC(CS)C(=O)O. The monoisotopic (exact) mass is 491 g/mol. The second kappa shape index (κ2) is 15.3. The number of thiol groups is 1. The van der Waals surface area contributed by atoms with Crippen LogP contribution in [0, 0.1) is 5.92 Å². The van der Waals surface area contributed by atoms with Gasteiger partial charge in [0.05, 0.1) is 6.10 Å². The summed E-state index contributed by atoms with van der Waals surface area (Å²) in [6, 6.07) is -4.65. The lowest BCUT2D eigenvalue weighted by Crippen LogP contribution is -2.58. The van der Waals surface area contributed by atoms with Crippen LogP contribution in [0.1, 0.15) is 40.0 Å². The first-order valence-electron chi connectivity index (χ1n) is 10.5. The number of aliphatic hydroxyl groups is 1. The molecule has 0 aliphatic rings. The Morgan fingerprint density at radius 1 is 0.939 bits per heavy atom. The maximum absolute atomic E-state index is 12.9. The fourth-order valence-electron chi connectivity index (χ4n) is 2.69. The van der Waals surface area contributed by atoms with E-state index in [1.54, 1.807) is 0 Å². The van der Waals surface area contributed by atoms with E-state index in [9.17, 15) is 24.3 Å². The molecule has 0 heterocycles. The van der Waals surface area contributed by atoms with E-state index in [4.69, 9.17) is 22.3 Å². The fourth-order valence-corrected chi connectivity index (χ4v) is 2.94. The van der Waals surface area contributed by atoms with Gasteiger partial charge in [-0.15, -0.1) is 0 Å². The zero-order valence-electron chi connectivity index (χ0n) is 19.2. The largest absolute Gasteiger partial charge is 0.480 e. The third kappa shape index (κ3) is 12.3. The number of amides is 3. The number of aliphatic carboxylic acids is 1. The summed E-state index contributed by atoms with van der Waals surface area (Å²) < 4.78 is 0. The summed E-state index contributed by atoms with van der Waals surface area (Å²) in [5.41, 5.74) is 16.2. The van der Waals surface area contributed by atoms with Crippen LogP contribution in [0.15, 0.2) is 4.99 Å². The van der Waals surface area contributed by atoms with Crippen LogP contribution >= 0.6 is 12.6 Å². The molecule has 0 aromatic rings. The number of carbonyl (C=O) groups is 4. The molecule has 0 aromatic carbocycles. The number of carboxylic acids is 1. The first kappa shape index (κ1) is 30.4. The molecule has 0 aliphatic carbocycles. The second-order valence-electron chi connectivity index (χ2n) is 8.05. The highest BCUT2D eigenvalue weighted by Gasteiger charge is 2.30. The fraction of sp³-hybridized carbons (Fsp3) is 0.737. The van der Waals surface area contributed by atoms with Gasteiger partial charge in [0.25, 0.3) is 0 Å². The molecule has 13 nitrogen and oxygen atoms in total. The quantitative estimate of drug-likeness (QED) is 0.0499. The number of carboxylic acid groups (broad SMARTS) is 1. The molecular weight excluding hydrogens is 454 g/mol. The van der Waals surface area contributed by atoms with Crippen molar-refractivity contribution in [1.82, 2.24) is 16.0 Å². The first-order valence-corrected chi connectivity index (χ1v) is 11.2. The van der Waals surface area contributed by atoms with Gasteiger partial charge in [-0.3, -0.25) is 19.4 Å². The summed E-state index contributed by atoms with van der Waals surface area (Å²) in [5, 5.41) is 26.1. The highest BCUT2D eigenvalue weighted by atomic mass is 32.1. The van der Waals surface area contributed by atoms with E-state index in [1.807, 2.05) is 13.8 Å². The van der Waals surface area contributed by atoms with Crippen molar-refractivity contribution < 1.29 is 29.4 Å². The average molecular weight is 492 g/mol. The van der Waals surface area contributed by atoms with Crippen molar-refractivity contribution in [2.45, 2.75) is 70.3 Å². The molecule has 0 rings (SSSR count). The number of nitrogens with one attached hydrogen (secondary N) is 3. The van der Waals surface area contributed by atoms with Gasteiger partial charge in [-0.2, -0.15) is 12.6 Å². The Balaban J connectivity index is 5.53. The molecule has 0 spiro atoms. The standard InChI is InChI=1S/C19H37N7O6S/c1-9(2)7-12(25-17(30)14(20)10(3)27)16(29)24-11(5-4-6-23-19(21)22)15(28)26-13(8-33)18(31)32/h9-14,27,33H,4-8,20H2,1-3H3,(H,24,29)(H,25,30)(H,26,28)(H,31,32)(H4,21,22,23). The third-order valence-electron chi connectivity index (χ3n) is 4.54. The van der Waals surface area contributed by atoms with Crippen molar-refractivity contribution in [2.24, 2.45) is 28.1 Å². The Labute approximate surface area is 198 Å². The molecule has 0 aromatic heterocycles. The van der Waals surface area contributed by atoms with Gasteiger partial charge in [0.1, 0.15) is 24.2 Å². The van der Waals surface area contributed by atoms with Crippen molar-refractivity contribution in [3.8, 4) is 0 Å². The Morgan fingerprint density at radius 2 is 1.45 bits per heavy atom. The van der Waals surface area contributed by atoms with E-state index < -0.39 is 54.0 Å². The van der Waals surface area contributed by atoms with Gasteiger partial charge in [-0.05, 0) is 32.1 Å². The number of guanidine groups is 1. The molecule has 0 saturated heterocycles. The predicted octanol–water partition coefficient (Wildman–Crippen LogP) is -2.74. The van der Waals surface area contributed by atoms with Crippen LogP contribution < -0.4 is 33.2 Å². The smallest absolute Gasteiger partial charge is 0.327 e. The van der Waals surface area contributed by atoms with Crippen molar-refractivity contribution >= 4 is 42.3 Å². The maximum atomic E-state index is 12.9. The number of hydrogen-bond donors (Lipinski definition) is 9. The number of aliphatic imine (C=N–C) groups is 1. The Morgan fingerprint density at radius 3 is 1.91 bits per heavy atom. The van der Waals surface area contributed by atoms with E-state index in [-0.39, 0.29) is 37.0 Å². The van der Waals surface area contributed by atoms with Crippen LogP contribution in [0.4, 0.5) is 0 Å². The van der Waals surface area contributed by atoms with Crippen LogP contribution in [-0.2, 0) is 19.2 Å². The average Bonchev–Trinajstić information content (AvgIpc) is 2.71. The number of carbonyl (C=O) groups excluding carboxylic acids is 3. The summed E-state index contributed by atoms with van der Waals surface area (Å²) in [7, 11) is 0.